The summed E-state index contributed by atoms with van der Waals surface area (Å²) in [6, 6.07) is 7.50. The van der Waals surface area contributed by atoms with Crippen molar-refractivity contribution in [2.45, 2.75) is 17.6 Å². The second-order valence-corrected chi connectivity index (χ2v) is 7.12. The molecule has 0 aliphatic heterocycles. The molecular formula is C13H11BrO5S. The Morgan fingerprint density at radius 3 is 2.40 bits per heavy atom. The number of hydrogen-bond acceptors (Lipinski definition) is 4. The molecule has 0 atom stereocenters. The molecule has 0 aliphatic carbocycles. The van der Waals surface area contributed by atoms with Gasteiger partial charge in [0.25, 0.3) is 0 Å². The van der Waals surface area contributed by atoms with Gasteiger partial charge in [-0.3, -0.25) is 0 Å². The fourth-order valence-corrected chi connectivity index (χ4v) is 3.38. The number of rotatable bonds is 4. The van der Waals surface area contributed by atoms with Gasteiger partial charge in [-0.1, -0.05) is 15.9 Å². The van der Waals surface area contributed by atoms with E-state index in [0.29, 0.717) is 11.3 Å². The number of aryl methyl sites for hydroxylation is 1. The average molecular weight is 359 g/mol. The molecule has 2 aromatic rings. The highest BCUT2D eigenvalue weighted by atomic mass is 79.9. The molecule has 7 heteroatoms. The summed E-state index contributed by atoms with van der Waals surface area (Å²) in [5.74, 6) is -1.48. The summed E-state index contributed by atoms with van der Waals surface area (Å²) in [4.78, 5) is 11.0. The molecule has 2 rings (SSSR count). The highest BCUT2D eigenvalue weighted by molar-refractivity contribution is 9.10. The topological polar surface area (TPSA) is 84.6 Å². The first-order valence-corrected chi connectivity index (χ1v) is 8.05. The minimum atomic E-state index is -3.54. The van der Waals surface area contributed by atoms with E-state index in [1.807, 2.05) is 0 Å². The minimum Gasteiger partial charge on any atom is -0.475 e. The highest BCUT2D eigenvalue weighted by Gasteiger charge is 2.20. The van der Waals surface area contributed by atoms with Crippen LogP contribution in [-0.2, 0) is 15.6 Å². The van der Waals surface area contributed by atoms with Crippen LogP contribution in [0.3, 0.4) is 0 Å². The molecular weight excluding hydrogens is 348 g/mol. The molecule has 1 aromatic carbocycles. The molecule has 1 aromatic heterocycles. The molecule has 5 nitrogen and oxygen atoms in total. The van der Waals surface area contributed by atoms with Gasteiger partial charge in [0.2, 0.25) is 5.76 Å². The molecule has 106 valence electrons. The van der Waals surface area contributed by atoms with Gasteiger partial charge in [0.1, 0.15) is 5.76 Å². The van der Waals surface area contributed by atoms with Crippen LogP contribution in [-0.4, -0.2) is 19.5 Å². The summed E-state index contributed by atoms with van der Waals surface area (Å²) in [5, 5.41) is 8.82. The van der Waals surface area contributed by atoms with Crippen molar-refractivity contribution in [1.29, 1.82) is 0 Å². The Balaban J connectivity index is 2.33. The Labute approximate surface area is 124 Å². The van der Waals surface area contributed by atoms with Crippen LogP contribution >= 0.6 is 15.9 Å². The first-order chi connectivity index (χ1) is 9.29. The van der Waals surface area contributed by atoms with Gasteiger partial charge in [0.15, 0.2) is 9.84 Å². The third-order valence-corrected chi connectivity index (χ3v) is 4.96. The van der Waals surface area contributed by atoms with Crippen molar-refractivity contribution in [3.63, 3.8) is 0 Å². The van der Waals surface area contributed by atoms with Crippen molar-refractivity contribution in [3.05, 3.63) is 51.9 Å². The second-order valence-electron chi connectivity index (χ2n) is 4.21. The SMILES string of the molecule is Cc1oc(C(=O)O)cc1CS(=O)(=O)c1ccc(Br)cc1. The van der Waals surface area contributed by atoms with Crippen molar-refractivity contribution in [1.82, 2.24) is 0 Å². The summed E-state index contributed by atoms with van der Waals surface area (Å²) in [7, 11) is -3.54. The van der Waals surface area contributed by atoms with Crippen LogP contribution in [0.5, 0.6) is 0 Å². The first kappa shape index (κ1) is 14.8. The number of carboxylic acid groups (broad SMARTS) is 1. The van der Waals surface area contributed by atoms with Crippen molar-refractivity contribution in [2.75, 3.05) is 0 Å². The van der Waals surface area contributed by atoms with E-state index in [9.17, 15) is 13.2 Å². The van der Waals surface area contributed by atoms with Crippen LogP contribution in [0.15, 0.2) is 44.1 Å². The fraction of sp³-hybridized carbons (Fsp3) is 0.154. The molecule has 0 fully saturated rings. The van der Waals surface area contributed by atoms with E-state index in [1.54, 1.807) is 19.1 Å². The van der Waals surface area contributed by atoms with Crippen LogP contribution in [0.1, 0.15) is 21.9 Å². The maximum atomic E-state index is 12.2. The largest absolute Gasteiger partial charge is 0.475 e. The molecule has 0 saturated heterocycles. The molecule has 20 heavy (non-hydrogen) atoms. The van der Waals surface area contributed by atoms with E-state index >= 15 is 0 Å². The standard InChI is InChI=1S/C13H11BrO5S/c1-8-9(6-12(19-8)13(15)16)7-20(17,18)11-4-2-10(14)3-5-11/h2-6H,7H2,1H3,(H,15,16). The number of furan rings is 1. The van der Waals surface area contributed by atoms with Gasteiger partial charge in [-0.25, -0.2) is 13.2 Å². The predicted octanol–water partition coefficient (Wildman–Crippen LogP) is 3.02. The molecule has 0 unspecified atom stereocenters. The Morgan fingerprint density at radius 1 is 1.30 bits per heavy atom. The number of carboxylic acids is 1. The molecule has 0 radical (unpaired) electrons. The Hall–Kier alpha value is -1.60. The van der Waals surface area contributed by atoms with Gasteiger partial charge in [0.05, 0.1) is 10.6 Å². The van der Waals surface area contributed by atoms with Crippen LogP contribution in [0.25, 0.3) is 0 Å². The lowest BCUT2D eigenvalue weighted by atomic mass is 10.3. The Morgan fingerprint density at radius 2 is 1.90 bits per heavy atom. The molecule has 1 heterocycles. The molecule has 0 spiro atoms. The van der Waals surface area contributed by atoms with Crippen LogP contribution in [0.4, 0.5) is 0 Å². The van der Waals surface area contributed by atoms with E-state index < -0.39 is 15.8 Å². The van der Waals surface area contributed by atoms with Gasteiger partial charge >= 0.3 is 5.97 Å². The predicted molar refractivity (Wildman–Crippen MR) is 75.4 cm³/mol. The lowest BCUT2D eigenvalue weighted by molar-refractivity contribution is 0.0661. The zero-order chi connectivity index (χ0) is 14.9. The molecule has 0 bridgehead atoms. The quantitative estimate of drug-likeness (QED) is 0.907. The van der Waals surface area contributed by atoms with Crippen molar-refractivity contribution < 1.29 is 22.7 Å². The van der Waals surface area contributed by atoms with E-state index in [1.165, 1.54) is 18.2 Å². The summed E-state index contributed by atoms with van der Waals surface area (Å²) in [5.41, 5.74) is 0.352. The maximum absolute atomic E-state index is 12.2. The number of hydrogen-bond donors (Lipinski definition) is 1. The van der Waals surface area contributed by atoms with Gasteiger partial charge in [-0.15, -0.1) is 0 Å². The fourth-order valence-electron chi connectivity index (χ4n) is 1.70. The van der Waals surface area contributed by atoms with Crippen molar-refractivity contribution in [2.24, 2.45) is 0 Å². The molecule has 0 saturated carbocycles. The van der Waals surface area contributed by atoms with Gasteiger partial charge in [-0.2, -0.15) is 0 Å². The maximum Gasteiger partial charge on any atom is 0.371 e. The first-order valence-electron chi connectivity index (χ1n) is 5.60. The lowest BCUT2D eigenvalue weighted by Crippen LogP contribution is -2.05. The summed E-state index contributed by atoms with van der Waals surface area (Å²) >= 11 is 3.23. The van der Waals surface area contributed by atoms with E-state index in [0.717, 1.165) is 4.47 Å². The number of benzene rings is 1. The third-order valence-electron chi connectivity index (χ3n) is 2.75. The van der Waals surface area contributed by atoms with Crippen LogP contribution in [0, 0.1) is 6.92 Å². The normalized spacial score (nSPS) is 11.5. The monoisotopic (exact) mass is 358 g/mol. The van der Waals surface area contributed by atoms with Crippen molar-refractivity contribution >= 4 is 31.7 Å². The number of sulfone groups is 1. The molecule has 0 aliphatic rings. The van der Waals surface area contributed by atoms with E-state index in [4.69, 9.17) is 9.52 Å². The minimum absolute atomic E-state index is 0.179. The average Bonchev–Trinajstić information content (AvgIpc) is 2.71. The van der Waals surface area contributed by atoms with Crippen LogP contribution in [0.2, 0.25) is 0 Å². The summed E-state index contributed by atoms with van der Waals surface area (Å²) in [6.45, 7) is 1.54. The smallest absolute Gasteiger partial charge is 0.371 e. The number of aromatic carboxylic acids is 1. The lowest BCUT2D eigenvalue weighted by Gasteiger charge is -2.03. The van der Waals surface area contributed by atoms with E-state index in [-0.39, 0.29) is 16.4 Å². The summed E-state index contributed by atoms with van der Waals surface area (Å²) < 4.78 is 30.3. The summed E-state index contributed by atoms with van der Waals surface area (Å²) in [6.07, 6.45) is 0. The number of carbonyl (C=O) groups is 1. The Kier molecular flexibility index (Phi) is 4.01. The highest BCUT2D eigenvalue weighted by Crippen LogP contribution is 2.23. The zero-order valence-electron chi connectivity index (χ0n) is 10.5. The van der Waals surface area contributed by atoms with E-state index in [2.05, 4.69) is 15.9 Å². The zero-order valence-corrected chi connectivity index (χ0v) is 12.9. The Bertz CT molecular complexity index is 744. The molecule has 0 amide bonds. The third kappa shape index (κ3) is 3.10. The molecule has 1 N–H and O–H groups in total. The number of halogens is 1. The second kappa shape index (κ2) is 5.41. The van der Waals surface area contributed by atoms with Crippen molar-refractivity contribution in [3.8, 4) is 0 Å². The van der Waals surface area contributed by atoms with Crippen LogP contribution < -0.4 is 0 Å². The van der Waals surface area contributed by atoms with Gasteiger partial charge in [0, 0.05) is 10.0 Å². The van der Waals surface area contributed by atoms with Gasteiger partial charge < -0.3 is 9.52 Å². The van der Waals surface area contributed by atoms with Gasteiger partial charge in [-0.05, 0) is 37.3 Å².